The number of nitrogens with zero attached hydrogens (tertiary/aromatic N) is 4. The molecule has 120 valence electrons. The Balaban J connectivity index is 1.66. The Bertz CT molecular complexity index is 748. The van der Waals surface area contributed by atoms with Crippen LogP contribution < -0.4 is 0 Å². The summed E-state index contributed by atoms with van der Waals surface area (Å²) in [7, 11) is 0. The lowest BCUT2D eigenvalue weighted by molar-refractivity contribution is -0.133. The van der Waals surface area contributed by atoms with E-state index in [1.54, 1.807) is 29.2 Å². The molecule has 8 nitrogen and oxygen atoms in total. The molecule has 0 radical (unpaired) electrons. The summed E-state index contributed by atoms with van der Waals surface area (Å²) in [5, 5.41) is 13.3. The molecule has 2 amide bonds. The number of hydrogen-bond acceptors (Lipinski definition) is 6. The quantitative estimate of drug-likeness (QED) is 0.910. The van der Waals surface area contributed by atoms with E-state index in [1.807, 2.05) is 0 Å². The SMILES string of the molecule is O=C(O)N1CCN(Cc2noc(-c3cccc(Cl)c3)n2)CC1=O. The first-order valence-corrected chi connectivity index (χ1v) is 7.25. The van der Waals surface area contributed by atoms with E-state index in [0.29, 0.717) is 35.4 Å². The average Bonchev–Trinajstić information content (AvgIpc) is 2.95. The van der Waals surface area contributed by atoms with Crippen LogP contribution in [-0.4, -0.2) is 56.7 Å². The minimum Gasteiger partial charge on any atom is -0.465 e. The molecule has 1 aromatic carbocycles. The number of hydrogen-bond donors (Lipinski definition) is 1. The van der Waals surface area contributed by atoms with Crippen LogP contribution in [0.5, 0.6) is 0 Å². The molecule has 1 fully saturated rings. The van der Waals surface area contributed by atoms with Crippen molar-refractivity contribution in [1.82, 2.24) is 19.9 Å². The van der Waals surface area contributed by atoms with Crippen LogP contribution in [0.2, 0.25) is 5.02 Å². The van der Waals surface area contributed by atoms with Gasteiger partial charge in [0.25, 0.3) is 5.89 Å². The molecule has 0 aliphatic carbocycles. The third-order valence-corrected chi connectivity index (χ3v) is 3.67. The van der Waals surface area contributed by atoms with Crippen molar-refractivity contribution in [1.29, 1.82) is 0 Å². The second-order valence-corrected chi connectivity index (χ2v) is 5.50. The van der Waals surface area contributed by atoms with E-state index in [4.69, 9.17) is 21.2 Å². The minimum absolute atomic E-state index is 0.00728. The summed E-state index contributed by atoms with van der Waals surface area (Å²) in [6.07, 6.45) is -1.22. The van der Waals surface area contributed by atoms with Crippen LogP contribution in [0.3, 0.4) is 0 Å². The Kier molecular flexibility index (Phi) is 4.26. The normalized spacial score (nSPS) is 15.9. The maximum atomic E-state index is 11.7. The average molecular weight is 337 g/mol. The van der Waals surface area contributed by atoms with Gasteiger partial charge in [-0.1, -0.05) is 22.8 Å². The molecule has 23 heavy (non-hydrogen) atoms. The molecule has 1 aliphatic rings. The highest BCUT2D eigenvalue weighted by molar-refractivity contribution is 6.30. The molecule has 2 aromatic rings. The zero-order chi connectivity index (χ0) is 16.4. The van der Waals surface area contributed by atoms with Crippen molar-refractivity contribution in [3.8, 4) is 11.5 Å². The summed E-state index contributed by atoms with van der Waals surface area (Å²) in [6.45, 7) is 0.878. The Morgan fingerprint density at radius 1 is 1.39 bits per heavy atom. The van der Waals surface area contributed by atoms with Crippen LogP contribution >= 0.6 is 11.6 Å². The number of carboxylic acid groups (broad SMARTS) is 1. The Labute approximate surface area is 136 Å². The van der Waals surface area contributed by atoms with E-state index >= 15 is 0 Å². The standard InChI is InChI=1S/C14H13ClN4O4/c15-10-3-1-2-9(6-10)13-16-11(17-23-13)7-18-4-5-19(14(21)22)12(20)8-18/h1-3,6H,4-5,7-8H2,(H,21,22). The molecule has 1 aromatic heterocycles. The van der Waals surface area contributed by atoms with Crippen LogP contribution in [0, 0.1) is 0 Å². The van der Waals surface area contributed by atoms with E-state index in [1.165, 1.54) is 0 Å². The summed E-state index contributed by atoms with van der Waals surface area (Å²) < 4.78 is 5.20. The van der Waals surface area contributed by atoms with Gasteiger partial charge in [0, 0.05) is 23.7 Å². The van der Waals surface area contributed by atoms with Gasteiger partial charge in [-0.15, -0.1) is 0 Å². The number of rotatable bonds is 3. The second kappa shape index (κ2) is 6.35. The lowest BCUT2D eigenvalue weighted by Crippen LogP contribution is -2.51. The fourth-order valence-corrected chi connectivity index (χ4v) is 2.51. The number of halogens is 1. The van der Waals surface area contributed by atoms with Crippen LogP contribution in [0.15, 0.2) is 28.8 Å². The molecule has 1 saturated heterocycles. The van der Waals surface area contributed by atoms with Gasteiger partial charge in [0.05, 0.1) is 13.1 Å². The van der Waals surface area contributed by atoms with Crippen molar-refractivity contribution in [2.75, 3.05) is 19.6 Å². The number of carbonyl (C=O) groups is 2. The molecular weight excluding hydrogens is 324 g/mol. The van der Waals surface area contributed by atoms with Gasteiger partial charge in [0.2, 0.25) is 5.91 Å². The summed E-state index contributed by atoms with van der Waals surface area (Å²) >= 11 is 5.92. The van der Waals surface area contributed by atoms with Crippen molar-refractivity contribution in [2.24, 2.45) is 0 Å². The van der Waals surface area contributed by atoms with Crippen molar-refractivity contribution in [3.05, 3.63) is 35.1 Å². The number of carbonyl (C=O) groups excluding carboxylic acids is 1. The van der Waals surface area contributed by atoms with Crippen LogP contribution in [0.25, 0.3) is 11.5 Å². The fourth-order valence-electron chi connectivity index (χ4n) is 2.32. The lowest BCUT2D eigenvalue weighted by atomic mass is 10.2. The topological polar surface area (TPSA) is 99.8 Å². The first-order chi connectivity index (χ1) is 11.0. The zero-order valence-corrected chi connectivity index (χ0v) is 12.7. The second-order valence-electron chi connectivity index (χ2n) is 5.06. The summed E-state index contributed by atoms with van der Waals surface area (Å²) in [6, 6.07) is 7.05. The van der Waals surface area contributed by atoms with Gasteiger partial charge in [-0.3, -0.25) is 9.69 Å². The maximum absolute atomic E-state index is 11.7. The molecule has 0 spiro atoms. The van der Waals surface area contributed by atoms with Crippen molar-refractivity contribution >= 4 is 23.6 Å². The van der Waals surface area contributed by atoms with E-state index in [2.05, 4.69) is 10.1 Å². The Hall–Kier alpha value is -2.45. The van der Waals surface area contributed by atoms with E-state index in [9.17, 15) is 9.59 Å². The predicted molar refractivity (Wildman–Crippen MR) is 79.8 cm³/mol. The maximum Gasteiger partial charge on any atom is 0.414 e. The Morgan fingerprint density at radius 2 is 2.22 bits per heavy atom. The van der Waals surface area contributed by atoms with Gasteiger partial charge in [-0.05, 0) is 18.2 Å². The van der Waals surface area contributed by atoms with Crippen molar-refractivity contribution in [3.63, 3.8) is 0 Å². The third-order valence-electron chi connectivity index (χ3n) is 3.44. The van der Waals surface area contributed by atoms with Gasteiger partial charge in [-0.25, -0.2) is 9.69 Å². The summed E-state index contributed by atoms with van der Waals surface area (Å²) in [4.78, 5) is 29.4. The number of imide groups is 1. The smallest absolute Gasteiger partial charge is 0.414 e. The monoisotopic (exact) mass is 336 g/mol. The molecule has 0 bridgehead atoms. The molecule has 0 atom stereocenters. The summed E-state index contributed by atoms with van der Waals surface area (Å²) in [5.41, 5.74) is 0.711. The van der Waals surface area contributed by atoms with E-state index < -0.39 is 12.0 Å². The first-order valence-electron chi connectivity index (χ1n) is 6.87. The van der Waals surface area contributed by atoms with E-state index in [0.717, 1.165) is 4.90 Å². The van der Waals surface area contributed by atoms with Gasteiger partial charge in [-0.2, -0.15) is 4.98 Å². The van der Waals surface area contributed by atoms with Gasteiger partial charge in [0.1, 0.15) is 0 Å². The number of aromatic nitrogens is 2. The van der Waals surface area contributed by atoms with Crippen LogP contribution in [0.4, 0.5) is 4.79 Å². The highest BCUT2D eigenvalue weighted by atomic mass is 35.5. The summed E-state index contributed by atoms with van der Waals surface area (Å²) in [5.74, 6) is 0.317. The number of benzene rings is 1. The largest absolute Gasteiger partial charge is 0.465 e. The van der Waals surface area contributed by atoms with Crippen molar-refractivity contribution in [2.45, 2.75) is 6.54 Å². The zero-order valence-electron chi connectivity index (χ0n) is 12.0. The first kappa shape index (κ1) is 15.4. The van der Waals surface area contributed by atoms with Crippen LogP contribution in [0.1, 0.15) is 5.82 Å². The Morgan fingerprint density at radius 3 is 2.91 bits per heavy atom. The number of amides is 2. The molecule has 2 heterocycles. The minimum atomic E-state index is -1.22. The lowest BCUT2D eigenvalue weighted by Gasteiger charge is -2.30. The fraction of sp³-hybridized carbons (Fsp3) is 0.286. The van der Waals surface area contributed by atoms with Crippen molar-refractivity contribution < 1.29 is 19.2 Å². The molecular formula is C14H13ClN4O4. The van der Waals surface area contributed by atoms with Gasteiger partial charge in [0.15, 0.2) is 5.82 Å². The number of piperazine rings is 1. The molecule has 9 heteroatoms. The molecule has 3 rings (SSSR count). The van der Waals surface area contributed by atoms with Gasteiger partial charge >= 0.3 is 6.09 Å². The third kappa shape index (κ3) is 3.49. The highest BCUT2D eigenvalue weighted by Gasteiger charge is 2.29. The molecule has 1 N–H and O–H groups in total. The molecule has 0 saturated carbocycles. The predicted octanol–water partition coefficient (Wildman–Crippen LogP) is 1.71. The highest BCUT2D eigenvalue weighted by Crippen LogP contribution is 2.21. The molecule has 0 unspecified atom stereocenters. The molecule has 1 aliphatic heterocycles. The van der Waals surface area contributed by atoms with Crippen LogP contribution in [-0.2, 0) is 11.3 Å². The van der Waals surface area contributed by atoms with E-state index in [-0.39, 0.29) is 13.1 Å². The van der Waals surface area contributed by atoms with Gasteiger partial charge < -0.3 is 9.63 Å².